The summed E-state index contributed by atoms with van der Waals surface area (Å²) < 4.78 is 5.26. The molecule has 1 fully saturated rings. The third kappa shape index (κ3) is 4.45. The summed E-state index contributed by atoms with van der Waals surface area (Å²) in [7, 11) is 0. The van der Waals surface area contributed by atoms with Gasteiger partial charge in [-0.1, -0.05) is 13.8 Å². The molecule has 0 bridgehead atoms. The van der Waals surface area contributed by atoms with Crippen molar-refractivity contribution in [1.29, 1.82) is 0 Å². The number of carboxylic acids is 1. The predicted molar refractivity (Wildman–Crippen MR) is 75.5 cm³/mol. The van der Waals surface area contributed by atoms with Crippen molar-refractivity contribution in [3.8, 4) is 0 Å². The molecular weight excluding hydrogens is 260 g/mol. The first-order valence-electron chi connectivity index (χ1n) is 7.34. The molecule has 0 spiro atoms. The number of hydrogen-bond acceptors (Lipinski definition) is 4. The first kappa shape index (κ1) is 16.9. The molecule has 0 aromatic rings. The molecule has 0 saturated carbocycles. The molecule has 1 aliphatic rings. The Kier molecular flexibility index (Phi) is 6.95. The van der Waals surface area contributed by atoms with Crippen molar-refractivity contribution >= 4 is 11.9 Å². The van der Waals surface area contributed by atoms with Crippen LogP contribution in [0.25, 0.3) is 0 Å². The maximum absolute atomic E-state index is 12.3. The van der Waals surface area contributed by atoms with E-state index in [1.807, 2.05) is 13.8 Å². The molecular formula is C14H26N2O4. The summed E-state index contributed by atoms with van der Waals surface area (Å²) in [5.41, 5.74) is 0. The fraction of sp³-hybridized carbons (Fsp3) is 0.857. The van der Waals surface area contributed by atoms with Crippen molar-refractivity contribution in [1.82, 2.24) is 10.2 Å². The van der Waals surface area contributed by atoms with E-state index in [-0.39, 0.29) is 31.1 Å². The molecule has 6 heteroatoms. The van der Waals surface area contributed by atoms with Gasteiger partial charge in [0.15, 0.2) is 0 Å². The fourth-order valence-corrected chi connectivity index (χ4v) is 2.31. The summed E-state index contributed by atoms with van der Waals surface area (Å²) in [6.07, 6.45) is 1.75. The lowest BCUT2D eigenvalue weighted by Crippen LogP contribution is -2.50. The maximum atomic E-state index is 12.3. The lowest BCUT2D eigenvalue weighted by Gasteiger charge is -2.30. The van der Waals surface area contributed by atoms with E-state index in [4.69, 9.17) is 4.74 Å². The predicted octanol–water partition coefficient (Wildman–Crippen LogP) is 0.713. The summed E-state index contributed by atoms with van der Waals surface area (Å²) in [6.45, 7) is 7.37. The number of carbonyl (C=O) groups is 2. The van der Waals surface area contributed by atoms with Crippen LogP contribution < -0.4 is 5.32 Å². The molecule has 0 aromatic carbocycles. The van der Waals surface area contributed by atoms with Crippen LogP contribution in [0.3, 0.4) is 0 Å². The number of nitrogens with zero attached hydrogens (tertiary/aromatic N) is 1. The molecule has 1 rings (SSSR count). The average Bonchev–Trinajstić information content (AvgIpc) is 2.90. The van der Waals surface area contributed by atoms with E-state index >= 15 is 0 Å². The zero-order valence-corrected chi connectivity index (χ0v) is 12.6. The molecule has 3 atom stereocenters. The zero-order chi connectivity index (χ0) is 15.1. The van der Waals surface area contributed by atoms with E-state index in [1.54, 1.807) is 4.90 Å². The third-order valence-electron chi connectivity index (χ3n) is 3.77. The molecule has 6 nitrogen and oxygen atoms in total. The Morgan fingerprint density at radius 1 is 1.40 bits per heavy atom. The number of hydrogen-bond donors (Lipinski definition) is 2. The Morgan fingerprint density at radius 3 is 2.65 bits per heavy atom. The number of amides is 1. The lowest BCUT2D eigenvalue weighted by atomic mass is 10.0. The standard InChI is InChI=1S/C14H26N2O4/c1-4-6-16(13(17)7-15-10(3)5-2)12-9-20-8-11(12)14(18)19/h10-12,15H,4-9H2,1-3H3,(H,18,19). The van der Waals surface area contributed by atoms with Crippen molar-refractivity contribution in [3.63, 3.8) is 0 Å². The van der Waals surface area contributed by atoms with Gasteiger partial charge in [0.2, 0.25) is 5.91 Å². The minimum Gasteiger partial charge on any atom is -0.481 e. The Hall–Kier alpha value is -1.14. The lowest BCUT2D eigenvalue weighted by molar-refractivity contribution is -0.145. The van der Waals surface area contributed by atoms with Crippen molar-refractivity contribution < 1.29 is 19.4 Å². The monoisotopic (exact) mass is 286 g/mol. The zero-order valence-electron chi connectivity index (χ0n) is 12.6. The van der Waals surface area contributed by atoms with Crippen LogP contribution in [0.5, 0.6) is 0 Å². The molecule has 1 heterocycles. The summed E-state index contributed by atoms with van der Waals surface area (Å²) in [4.78, 5) is 25.2. The first-order valence-corrected chi connectivity index (χ1v) is 7.34. The van der Waals surface area contributed by atoms with Crippen LogP contribution in [0.15, 0.2) is 0 Å². The number of ether oxygens (including phenoxy) is 1. The van der Waals surface area contributed by atoms with E-state index in [0.717, 1.165) is 12.8 Å². The van der Waals surface area contributed by atoms with Crippen LogP contribution in [0.1, 0.15) is 33.6 Å². The summed E-state index contributed by atoms with van der Waals surface area (Å²) in [5, 5.41) is 12.4. The minimum absolute atomic E-state index is 0.0473. The van der Waals surface area contributed by atoms with Gasteiger partial charge >= 0.3 is 5.97 Å². The van der Waals surface area contributed by atoms with Gasteiger partial charge in [-0.25, -0.2) is 0 Å². The van der Waals surface area contributed by atoms with Crippen molar-refractivity contribution in [2.24, 2.45) is 5.92 Å². The number of aliphatic carboxylic acids is 1. The number of nitrogens with one attached hydrogen (secondary N) is 1. The first-order chi connectivity index (χ1) is 9.51. The van der Waals surface area contributed by atoms with Crippen LogP contribution in [0, 0.1) is 5.92 Å². The van der Waals surface area contributed by atoms with Crippen LogP contribution in [0.2, 0.25) is 0 Å². The molecule has 1 aliphatic heterocycles. The largest absolute Gasteiger partial charge is 0.481 e. The van der Waals surface area contributed by atoms with Gasteiger partial charge in [0, 0.05) is 12.6 Å². The highest BCUT2D eigenvalue weighted by atomic mass is 16.5. The number of carboxylic acid groups (broad SMARTS) is 1. The molecule has 3 unspecified atom stereocenters. The molecule has 0 aliphatic carbocycles. The SMILES string of the molecule is CCCN(C(=O)CNC(C)CC)C1COCC1C(=O)O. The molecule has 20 heavy (non-hydrogen) atoms. The summed E-state index contributed by atoms with van der Waals surface area (Å²) >= 11 is 0. The Labute approximate surface area is 120 Å². The fourth-order valence-electron chi connectivity index (χ4n) is 2.31. The van der Waals surface area contributed by atoms with Gasteiger partial charge in [-0.2, -0.15) is 0 Å². The summed E-state index contributed by atoms with van der Waals surface area (Å²) in [5.74, 6) is -1.56. The van der Waals surface area contributed by atoms with E-state index in [0.29, 0.717) is 13.2 Å². The highest BCUT2D eigenvalue weighted by molar-refractivity contribution is 5.80. The minimum atomic E-state index is -0.892. The molecule has 0 radical (unpaired) electrons. The molecule has 116 valence electrons. The molecule has 1 saturated heterocycles. The Morgan fingerprint density at radius 2 is 2.10 bits per heavy atom. The second-order valence-corrected chi connectivity index (χ2v) is 5.33. The topological polar surface area (TPSA) is 78.9 Å². The summed E-state index contributed by atoms with van der Waals surface area (Å²) in [6, 6.07) is -0.0730. The van der Waals surface area contributed by atoms with Gasteiger partial charge in [0.1, 0.15) is 5.92 Å². The van der Waals surface area contributed by atoms with Crippen LogP contribution >= 0.6 is 0 Å². The maximum Gasteiger partial charge on any atom is 0.311 e. The van der Waals surface area contributed by atoms with Gasteiger partial charge in [-0.05, 0) is 19.8 Å². The van der Waals surface area contributed by atoms with Gasteiger partial charge in [-0.15, -0.1) is 0 Å². The highest BCUT2D eigenvalue weighted by Crippen LogP contribution is 2.20. The second-order valence-electron chi connectivity index (χ2n) is 5.33. The van der Waals surface area contributed by atoms with Crippen LogP contribution in [0.4, 0.5) is 0 Å². The molecule has 2 N–H and O–H groups in total. The van der Waals surface area contributed by atoms with Gasteiger partial charge < -0.3 is 20.1 Å². The smallest absolute Gasteiger partial charge is 0.311 e. The van der Waals surface area contributed by atoms with E-state index in [2.05, 4.69) is 12.2 Å². The second kappa shape index (κ2) is 8.21. The van der Waals surface area contributed by atoms with E-state index in [9.17, 15) is 14.7 Å². The van der Waals surface area contributed by atoms with Crippen molar-refractivity contribution in [2.45, 2.75) is 45.7 Å². The quantitative estimate of drug-likeness (QED) is 0.687. The van der Waals surface area contributed by atoms with E-state index < -0.39 is 11.9 Å². The van der Waals surface area contributed by atoms with Crippen molar-refractivity contribution in [3.05, 3.63) is 0 Å². The Bertz CT molecular complexity index is 335. The third-order valence-corrected chi connectivity index (χ3v) is 3.77. The number of carbonyl (C=O) groups excluding carboxylic acids is 1. The average molecular weight is 286 g/mol. The molecule has 1 amide bonds. The van der Waals surface area contributed by atoms with Gasteiger partial charge in [0.05, 0.1) is 25.8 Å². The molecule has 0 aromatic heterocycles. The van der Waals surface area contributed by atoms with Gasteiger partial charge in [-0.3, -0.25) is 9.59 Å². The van der Waals surface area contributed by atoms with Gasteiger partial charge in [0.25, 0.3) is 0 Å². The van der Waals surface area contributed by atoms with Crippen molar-refractivity contribution in [2.75, 3.05) is 26.3 Å². The Balaban J connectivity index is 2.67. The van der Waals surface area contributed by atoms with E-state index in [1.165, 1.54) is 0 Å². The normalized spacial score (nSPS) is 23.6. The highest BCUT2D eigenvalue weighted by Gasteiger charge is 2.39. The van der Waals surface area contributed by atoms with Crippen LogP contribution in [-0.4, -0.2) is 60.3 Å². The number of rotatable bonds is 8. The van der Waals surface area contributed by atoms with Crippen LogP contribution in [-0.2, 0) is 14.3 Å².